The summed E-state index contributed by atoms with van der Waals surface area (Å²) in [6, 6.07) is 7.07. The molecule has 0 radical (unpaired) electrons. The van der Waals surface area contributed by atoms with Crippen LogP contribution in [0, 0.1) is 17.0 Å². The minimum atomic E-state index is -1.39. The van der Waals surface area contributed by atoms with Crippen LogP contribution in [0.25, 0.3) is 0 Å². The molecule has 2 heterocycles. The Balaban J connectivity index is 1.69. The van der Waals surface area contributed by atoms with Crippen LogP contribution in [-0.2, 0) is 15.0 Å². The van der Waals surface area contributed by atoms with Crippen LogP contribution in [0.15, 0.2) is 36.4 Å². The number of aliphatic hydroxyl groups is 1. The van der Waals surface area contributed by atoms with Gasteiger partial charge in [0.2, 0.25) is 11.8 Å². The van der Waals surface area contributed by atoms with Crippen molar-refractivity contribution in [2.75, 3.05) is 5.32 Å². The molecule has 2 aromatic carbocycles. The van der Waals surface area contributed by atoms with Crippen LogP contribution in [0.2, 0.25) is 5.02 Å². The topological polar surface area (TPSA) is 90.5 Å². The molecule has 0 bridgehead atoms. The zero-order chi connectivity index (χ0) is 26.9. The number of fused-ring (bicyclic) bond motifs is 2. The second-order valence-corrected chi connectivity index (χ2v) is 12.6. The normalized spacial score (nSPS) is 32.7. The number of halogens is 3. The lowest BCUT2D eigenvalue weighted by atomic mass is 9.62. The minimum absolute atomic E-state index is 0.0392. The molecule has 1 spiro atoms. The number of amides is 2. The predicted molar refractivity (Wildman–Crippen MR) is 137 cm³/mol. The largest absolute Gasteiger partial charge is 0.390 e. The fraction of sp³-hybridized carbons (Fsp3) is 0.500. The second-order valence-electron chi connectivity index (χ2n) is 12.2. The number of nitrogens with one attached hydrogen (secondary N) is 3. The fourth-order valence-corrected chi connectivity index (χ4v) is 6.72. The van der Waals surface area contributed by atoms with E-state index in [1.54, 1.807) is 25.1 Å². The molecular weight excluding hydrogens is 500 g/mol. The molecule has 4 atom stereocenters. The SMILES string of the molecule is CC(C)(C)C[C@@H]1N[C@@H](C(=O)NC2CC(C)(O)C2)[C@H](c2cccc(F)c2F)[C@@]12C(=O)Nc1cc(Cl)ccc12. The third-order valence-electron chi connectivity index (χ3n) is 7.94. The van der Waals surface area contributed by atoms with E-state index < -0.39 is 46.6 Å². The van der Waals surface area contributed by atoms with Crippen LogP contribution < -0.4 is 16.0 Å². The molecule has 2 fully saturated rings. The van der Waals surface area contributed by atoms with Crippen LogP contribution in [0.3, 0.4) is 0 Å². The summed E-state index contributed by atoms with van der Waals surface area (Å²) >= 11 is 6.23. The zero-order valence-corrected chi connectivity index (χ0v) is 22.0. The summed E-state index contributed by atoms with van der Waals surface area (Å²) in [5, 5.41) is 19.8. The molecule has 198 valence electrons. The maximum Gasteiger partial charge on any atom is 0.238 e. The van der Waals surface area contributed by atoms with E-state index in [9.17, 15) is 19.1 Å². The summed E-state index contributed by atoms with van der Waals surface area (Å²) in [6.07, 6.45) is 1.27. The summed E-state index contributed by atoms with van der Waals surface area (Å²) in [6.45, 7) is 7.78. The van der Waals surface area contributed by atoms with Gasteiger partial charge in [-0.2, -0.15) is 0 Å². The highest BCUT2D eigenvalue weighted by Crippen LogP contribution is 2.57. The van der Waals surface area contributed by atoms with Crippen molar-refractivity contribution in [3.05, 3.63) is 64.2 Å². The van der Waals surface area contributed by atoms with Gasteiger partial charge in [-0.3, -0.25) is 9.59 Å². The van der Waals surface area contributed by atoms with Gasteiger partial charge in [-0.25, -0.2) is 8.78 Å². The first kappa shape index (κ1) is 26.1. The van der Waals surface area contributed by atoms with E-state index in [0.29, 0.717) is 35.5 Å². The molecule has 5 rings (SSSR count). The monoisotopic (exact) mass is 531 g/mol. The first-order valence-corrected chi connectivity index (χ1v) is 12.9. The van der Waals surface area contributed by atoms with Crippen LogP contribution in [0.1, 0.15) is 64.0 Å². The van der Waals surface area contributed by atoms with Crippen molar-refractivity contribution >= 4 is 29.1 Å². The summed E-state index contributed by atoms with van der Waals surface area (Å²) < 4.78 is 30.0. The van der Waals surface area contributed by atoms with Gasteiger partial charge in [-0.05, 0) is 60.9 Å². The van der Waals surface area contributed by atoms with E-state index in [1.165, 1.54) is 12.1 Å². The van der Waals surface area contributed by atoms with Crippen molar-refractivity contribution in [1.29, 1.82) is 0 Å². The highest BCUT2D eigenvalue weighted by molar-refractivity contribution is 6.31. The molecule has 1 saturated heterocycles. The average Bonchev–Trinajstić information content (AvgIpc) is 3.23. The van der Waals surface area contributed by atoms with Crippen molar-refractivity contribution in [2.45, 2.75) is 82.0 Å². The molecule has 4 N–H and O–H groups in total. The second kappa shape index (κ2) is 8.75. The smallest absolute Gasteiger partial charge is 0.238 e. The molecule has 0 aromatic heterocycles. The van der Waals surface area contributed by atoms with Gasteiger partial charge in [-0.1, -0.05) is 50.6 Å². The summed E-state index contributed by atoms with van der Waals surface area (Å²) in [7, 11) is 0. The van der Waals surface area contributed by atoms with Crippen molar-refractivity contribution in [3.63, 3.8) is 0 Å². The van der Waals surface area contributed by atoms with E-state index in [1.807, 2.05) is 20.8 Å². The zero-order valence-electron chi connectivity index (χ0n) is 21.3. The van der Waals surface area contributed by atoms with Crippen LogP contribution in [0.4, 0.5) is 14.5 Å². The molecule has 37 heavy (non-hydrogen) atoms. The summed E-state index contributed by atoms with van der Waals surface area (Å²) in [5.74, 6) is -3.97. The van der Waals surface area contributed by atoms with Gasteiger partial charge in [-0.15, -0.1) is 0 Å². The lowest BCUT2D eigenvalue weighted by molar-refractivity contribution is -0.127. The predicted octanol–water partition coefficient (Wildman–Crippen LogP) is 4.40. The Morgan fingerprint density at radius 2 is 1.92 bits per heavy atom. The van der Waals surface area contributed by atoms with Crippen molar-refractivity contribution in [3.8, 4) is 0 Å². The molecule has 1 aliphatic carbocycles. The number of hydrogen-bond donors (Lipinski definition) is 4. The summed E-state index contributed by atoms with van der Waals surface area (Å²) in [4.78, 5) is 27.7. The van der Waals surface area contributed by atoms with Gasteiger partial charge in [0.1, 0.15) is 5.41 Å². The maximum absolute atomic E-state index is 15.5. The first-order chi connectivity index (χ1) is 17.2. The van der Waals surface area contributed by atoms with Crippen LogP contribution in [0.5, 0.6) is 0 Å². The maximum atomic E-state index is 15.5. The molecule has 2 aromatic rings. The standard InChI is InChI=1S/C28H32ClF2N3O3/c1-26(2,3)13-20-28(17-9-8-14(29)10-19(17)33-25(28)36)21(16-6-5-7-18(30)22(16)31)23(34-20)24(35)32-15-11-27(4,37)12-15/h5-10,15,20-21,23,34,37H,11-13H2,1-4H3,(H,32,35)(H,33,36)/t15?,20-,21-,23+,27?,28-/m0/s1. The quantitative estimate of drug-likeness (QED) is 0.471. The number of anilines is 1. The number of carbonyl (C=O) groups is 2. The Kier molecular flexibility index (Phi) is 6.17. The van der Waals surface area contributed by atoms with E-state index in [2.05, 4.69) is 16.0 Å². The van der Waals surface area contributed by atoms with E-state index >= 15 is 4.39 Å². The highest BCUT2D eigenvalue weighted by atomic mass is 35.5. The van der Waals surface area contributed by atoms with Gasteiger partial charge in [0, 0.05) is 28.7 Å². The first-order valence-electron chi connectivity index (χ1n) is 12.6. The Morgan fingerprint density at radius 1 is 1.22 bits per heavy atom. The average molecular weight is 532 g/mol. The molecule has 3 aliphatic rings. The highest BCUT2D eigenvalue weighted by Gasteiger charge is 2.66. The molecular formula is C28H32ClF2N3O3. The lowest BCUT2D eigenvalue weighted by Gasteiger charge is -2.42. The Labute approximate surface area is 220 Å². The Bertz CT molecular complexity index is 1270. The van der Waals surface area contributed by atoms with Crippen molar-refractivity contribution in [1.82, 2.24) is 10.6 Å². The third-order valence-corrected chi connectivity index (χ3v) is 8.17. The van der Waals surface area contributed by atoms with Gasteiger partial charge in [0.05, 0.1) is 11.6 Å². The number of hydrogen-bond acceptors (Lipinski definition) is 4. The van der Waals surface area contributed by atoms with Gasteiger partial charge >= 0.3 is 0 Å². The summed E-state index contributed by atoms with van der Waals surface area (Å²) in [5.41, 5.74) is -1.45. The van der Waals surface area contributed by atoms with E-state index in [4.69, 9.17) is 11.6 Å². The fourth-order valence-electron chi connectivity index (χ4n) is 6.55. The van der Waals surface area contributed by atoms with E-state index in [0.717, 1.165) is 6.07 Å². The van der Waals surface area contributed by atoms with E-state index in [-0.39, 0.29) is 22.9 Å². The van der Waals surface area contributed by atoms with Crippen LogP contribution >= 0.6 is 11.6 Å². The molecule has 2 amide bonds. The Morgan fingerprint density at radius 3 is 2.57 bits per heavy atom. The van der Waals surface area contributed by atoms with Gasteiger partial charge in [0.25, 0.3) is 0 Å². The van der Waals surface area contributed by atoms with Gasteiger partial charge in [0.15, 0.2) is 11.6 Å². The third kappa shape index (κ3) is 4.33. The molecule has 6 nitrogen and oxygen atoms in total. The van der Waals surface area contributed by atoms with Gasteiger partial charge < -0.3 is 21.1 Å². The lowest BCUT2D eigenvalue weighted by Crippen LogP contribution is -2.57. The minimum Gasteiger partial charge on any atom is -0.390 e. The van der Waals surface area contributed by atoms with Crippen molar-refractivity contribution < 1.29 is 23.5 Å². The molecule has 2 aliphatic heterocycles. The molecule has 1 saturated carbocycles. The Hall–Kier alpha value is -2.55. The molecule has 9 heteroatoms. The number of benzene rings is 2. The number of rotatable bonds is 4. The van der Waals surface area contributed by atoms with Crippen LogP contribution in [-0.4, -0.2) is 40.6 Å². The van der Waals surface area contributed by atoms with Crippen molar-refractivity contribution in [2.24, 2.45) is 5.41 Å². The number of carbonyl (C=O) groups excluding carboxylic acids is 2. The molecule has 0 unspecified atom stereocenters.